The number of aliphatic hydroxyl groups is 3. The standard InChI is InChI=1S/C24H47NO7/c1-11-13-25-16(5)20(26)24(8,29)18(12-2)32-22(27)15(4)19(30-9)14(3)21(31-10)23(7,28)17(25)6/h14-21,26,28-29H,11-13H2,1-10H3/t14-,15+,16+,17+,18+,19-,20+,21+,23+,24+/m0/s1. The van der Waals surface area contributed by atoms with E-state index in [2.05, 4.69) is 0 Å². The molecule has 1 aliphatic rings. The summed E-state index contributed by atoms with van der Waals surface area (Å²) in [6.45, 7) is 15.0. The highest BCUT2D eigenvalue weighted by Crippen LogP contribution is 2.36. The maximum absolute atomic E-state index is 13.1. The van der Waals surface area contributed by atoms with Crippen LogP contribution in [0.5, 0.6) is 0 Å². The normalized spacial score (nSPS) is 45.5. The maximum atomic E-state index is 13.1. The zero-order chi connectivity index (χ0) is 25.0. The topological polar surface area (TPSA) is 109 Å². The van der Waals surface area contributed by atoms with Crippen LogP contribution in [0.2, 0.25) is 0 Å². The van der Waals surface area contributed by atoms with E-state index in [1.54, 1.807) is 20.8 Å². The van der Waals surface area contributed by atoms with Crippen LogP contribution in [-0.2, 0) is 19.0 Å². The lowest BCUT2D eigenvalue weighted by Gasteiger charge is -2.49. The second kappa shape index (κ2) is 11.6. The highest BCUT2D eigenvalue weighted by Gasteiger charge is 2.51. The van der Waals surface area contributed by atoms with Gasteiger partial charge in [-0.05, 0) is 54.0 Å². The average Bonchev–Trinajstić information content (AvgIpc) is 2.73. The van der Waals surface area contributed by atoms with Crippen molar-refractivity contribution in [1.29, 1.82) is 0 Å². The van der Waals surface area contributed by atoms with E-state index in [0.29, 0.717) is 13.0 Å². The van der Waals surface area contributed by atoms with Gasteiger partial charge >= 0.3 is 5.97 Å². The van der Waals surface area contributed by atoms with Crippen LogP contribution in [0.4, 0.5) is 0 Å². The molecule has 1 fully saturated rings. The molecule has 8 heteroatoms. The van der Waals surface area contributed by atoms with Crippen LogP contribution in [0.1, 0.15) is 68.2 Å². The molecule has 0 unspecified atom stereocenters. The molecular formula is C24H47NO7. The molecule has 0 radical (unpaired) electrons. The molecule has 0 aromatic heterocycles. The predicted octanol–water partition coefficient (Wildman–Crippen LogP) is 1.98. The molecule has 190 valence electrons. The lowest BCUT2D eigenvalue weighted by molar-refractivity contribution is -0.194. The number of cyclic esters (lactones) is 1. The minimum absolute atomic E-state index is 0.337. The Balaban J connectivity index is 3.69. The monoisotopic (exact) mass is 461 g/mol. The first-order valence-electron chi connectivity index (χ1n) is 11.9. The highest BCUT2D eigenvalue weighted by molar-refractivity contribution is 5.73. The van der Waals surface area contributed by atoms with E-state index in [0.717, 1.165) is 6.42 Å². The molecule has 0 amide bonds. The molecule has 0 aliphatic carbocycles. The van der Waals surface area contributed by atoms with Gasteiger partial charge in [0.1, 0.15) is 23.4 Å². The largest absolute Gasteiger partial charge is 0.459 e. The number of rotatable bonds is 5. The van der Waals surface area contributed by atoms with Gasteiger partial charge in [-0.2, -0.15) is 0 Å². The molecule has 0 bridgehead atoms. The van der Waals surface area contributed by atoms with E-state index in [9.17, 15) is 20.1 Å². The van der Waals surface area contributed by atoms with E-state index < -0.39 is 59.6 Å². The first-order valence-corrected chi connectivity index (χ1v) is 11.9. The summed E-state index contributed by atoms with van der Waals surface area (Å²) in [5.74, 6) is -1.55. The molecule has 1 aliphatic heterocycles. The Hall–Kier alpha value is -0.770. The summed E-state index contributed by atoms with van der Waals surface area (Å²) in [5.41, 5.74) is -3.04. The van der Waals surface area contributed by atoms with Gasteiger partial charge in [0, 0.05) is 32.2 Å². The van der Waals surface area contributed by atoms with Crippen LogP contribution in [-0.4, -0.2) is 94.7 Å². The second-order valence-electron chi connectivity index (χ2n) is 9.89. The summed E-state index contributed by atoms with van der Waals surface area (Å²) in [6.07, 6.45) is -2.25. The zero-order valence-corrected chi connectivity index (χ0v) is 21.7. The summed E-state index contributed by atoms with van der Waals surface area (Å²) < 4.78 is 17.2. The van der Waals surface area contributed by atoms with Crippen molar-refractivity contribution in [2.75, 3.05) is 20.8 Å². The number of esters is 1. The summed E-state index contributed by atoms with van der Waals surface area (Å²) >= 11 is 0. The van der Waals surface area contributed by atoms with E-state index in [-0.39, 0.29) is 5.92 Å². The summed E-state index contributed by atoms with van der Waals surface area (Å²) in [4.78, 5) is 15.1. The maximum Gasteiger partial charge on any atom is 0.311 e. The molecule has 0 saturated carbocycles. The number of carbonyl (C=O) groups is 1. The molecule has 32 heavy (non-hydrogen) atoms. The first-order chi connectivity index (χ1) is 14.7. The van der Waals surface area contributed by atoms with E-state index >= 15 is 0 Å². The number of ether oxygens (including phenoxy) is 3. The molecule has 1 saturated heterocycles. The van der Waals surface area contributed by atoms with Crippen molar-refractivity contribution in [2.24, 2.45) is 11.8 Å². The smallest absolute Gasteiger partial charge is 0.311 e. The van der Waals surface area contributed by atoms with Crippen LogP contribution < -0.4 is 0 Å². The third-order valence-electron chi connectivity index (χ3n) is 7.65. The van der Waals surface area contributed by atoms with E-state index in [1.807, 2.05) is 32.6 Å². The third kappa shape index (κ3) is 5.65. The highest BCUT2D eigenvalue weighted by atomic mass is 16.6. The van der Waals surface area contributed by atoms with Gasteiger partial charge in [0.25, 0.3) is 0 Å². The molecule has 1 heterocycles. The SMILES string of the molecule is CCCN1[C@H](C)[C@@H](O)[C@](C)(O)[C@@H](CC)OC(=O)[C@H](C)[C@@H](OC)[C@H](C)[C@@H](OC)[C@](C)(O)[C@H]1C. The quantitative estimate of drug-likeness (QED) is 0.534. The van der Waals surface area contributed by atoms with Gasteiger partial charge in [0.2, 0.25) is 0 Å². The summed E-state index contributed by atoms with van der Waals surface area (Å²) in [6, 6.07) is -0.955. The lowest BCUT2D eigenvalue weighted by Crippen LogP contribution is -2.65. The van der Waals surface area contributed by atoms with Crippen molar-refractivity contribution in [3.8, 4) is 0 Å². The number of hydrogen-bond donors (Lipinski definition) is 3. The van der Waals surface area contributed by atoms with Gasteiger partial charge in [-0.3, -0.25) is 9.69 Å². The lowest BCUT2D eigenvalue weighted by atomic mass is 9.77. The Kier molecular flexibility index (Phi) is 10.6. The van der Waals surface area contributed by atoms with Crippen LogP contribution in [0.15, 0.2) is 0 Å². The molecule has 10 atom stereocenters. The van der Waals surface area contributed by atoms with Gasteiger partial charge in [0.15, 0.2) is 0 Å². The number of methoxy groups -OCH3 is 2. The summed E-state index contributed by atoms with van der Waals surface area (Å²) in [5, 5.41) is 34.3. The average molecular weight is 462 g/mol. The molecule has 0 spiro atoms. The minimum atomic E-state index is -1.69. The number of hydrogen-bond acceptors (Lipinski definition) is 8. The number of carbonyl (C=O) groups excluding carboxylic acids is 1. The fourth-order valence-corrected chi connectivity index (χ4v) is 5.47. The van der Waals surface area contributed by atoms with Gasteiger partial charge < -0.3 is 29.5 Å². The second-order valence-corrected chi connectivity index (χ2v) is 9.89. The van der Waals surface area contributed by atoms with Crippen LogP contribution in [0.3, 0.4) is 0 Å². The molecule has 1 rings (SSSR count). The van der Waals surface area contributed by atoms with Crippen molar-refractivity contribution in [2.45, 2.75) is 116 Å². The van der Waals surface area contributed by atoms with Gasteiger partial charge in [-0.25, -0.2) is 0 Å². The fraction of sp³-hybridized carbons (Fsp3) is 0.958. The summed E-state index contributed by atoms with van der Waals surface area (Å²) in [7, 11) is 3.06. The molecule has 0 aromatic rings. The Morgan fingerprint density at radius 2 is 1.59 bits per heavy atom. The van der Waals surface area contributed by atoms with Gasteiger partial charge in [-0.1, -0.05) is 20.8 Å². The molecule has 3 N–H and O–H groups in total. The Labute approximate surface area is 194 Å². The van der Waals surface area contributed by atoms with Crippen molar-refractivity contribution in [1.82, 2.24) is 4.90 Å². The van der Waals surface area contributed by atoms with Crippen LogP contribution >= 0.6 is 0 Å². The van der Waals surface area contributed by atoms with Crippen LogP contribution in [0, 0.1) is 11.8 Å². The first kappa shape index (κ1) is 29.3. The van der Waals surface area contributed by atoms with Gasteiger partial charge in [-0.15, -0.1) is 0 Å². The number of nitrogens with zero attached hydrogens (tertiary/aromatic N) is 1. The Bertz CT molecular complexity index is 597. The van der Waals surface area contributed by atoms with Crippen molar-refractivity contribution >= 4 is 5.97 Å². The minimum Gasteiger partial charge on any atom is -0.459 e. The molecule has 0 aromatic carbocycles. The third-order valence-corrected chi connectivity index (χ3v) is 7.65. The Morgan fingerprint density at radius 3 is 2.03 bits per heavy atom. The zero-order valence-electron chi connectivity index (χ0n) is 21.7. The van der Waals surface area contributed by atoms with Crippen molar-refractivity contribution in [3.05, 3.63) is 0 Å². The molecular weight excluding hydrogens is 414 g/mol. The Morgan fingerprint density at radius 1 is 1.03 bits per heavy atom. The fourth-order valence-electron chi connectivity index (χ4n) is 5.47. The van der Waals surface area contributed by atoms with Crippen molar-refractivity contribution in [3.63, 3.8) is 0 Å². The predicted molar refractivity (Wildman–Crippen MR) is 123 cm³/mol. The van der Waals surface area contributed by atoms with Gasteiger partial charge in [0.05, 0.1) is 18.1 Å². The molecule has 8 nitrogen and oxygen atoms in total. The van der Waals surface area contributed by atoms with Crippen molar-refractivity contribution < 1.29 is 34.3 Å². The number of aliphatic hydroxyl groups excluding tert-OH is 1. The van der Waals surface area contributed by atoms with E-state index in [1.165, 1.54) is 21.1 Å². The van der Waals surface area contributed by atoms with Crippen LogP contribution in [0.25, 0.3) is 0 Å². The van der Waals surface area contributed by atoms with E-state index in [4.69, 9.17) is 14.2 Å².